The molecular weight excluding hydrogens is 365 g/mol. The van der Waals surface area contributed by atoms with Crippen molar-refractivity contribution in [2.24, 2.45) is 0 Å². The first-order valence-electron chi connectivity index (χ1n) is 7.84. The van der Waals surface area contributed by atoms with Gasteiger partial charge in [-0.05, 0) is 31.9 Å². The van der Waals surface area contributed by atoms with Crippen molar-refractivity contribution in [2.45, 2.75) is 39.3 Å². The van der Waals surface area contributed by atoms with Gasteiger partial charge < -0.3 is 9.53 Å². The number of nitrogens with zero attached hydrogens (tertiary/aromatic N) is 2. The summed E-state index contributed by atoms with van der Waals surface area (Å²) in [6.07, 6.45) is 4.86. The van der Waals surface area contributed by atoms with Gasteiger partial charge in [-0.3, -0.25) is 10.00 Å². The van der Waals surface area contributed by atoms with E-state index in [1.54, 1.807) is 36.0 Å². The molecule has 25 heavy (non-hydrogen) atoms. The molecule has 134 valence electrons. The molecule has 2 rings (SSSR count). The maximum atomic E-state index is 11.9. The van der Waals surface area contributed by atoms with Crippen LogP contribution < -0.4 is 5.32 Å². The van der Waals surface area contributed by atoms with E-state index in [2.05, 4.69) is 10.4 Å². The number of benzene rings is 1. The fourth-order valence-electron chi connectivity index (χ4n) is 2.16. The highest BCUT2D eigenvalue weighted by molar-refractivity contribution is 6.35. The minimum atomic E-state index is -0.618. The zero-order chi connectivity index (χ0) is 18.2. The normalized spacial score (nSPS) is 10.5. The van der Waals surface area contributed by atoms with E-state index in [1.165, 1.54) is 6.20 Å². The third-order valence-corrected chi connectivity index (χ3v) is 4.16. The highest BCUT2D eigenvalue weighted by Crippen LogP contribution is 2.25. The fraction of sp³-hybridized carbons (Fsp3) is 0.353. The number of ether oxygens (including phenoxy) is 1. The second-order valence-electron chi connectivity index (χ2n) is 5.55. The van der Waals surface area contributed by atoms with Crippen LogP contribution in [0.1, 0.15) is 31.7 Å². The van der Waals surface area contributed by atoms with E-state index in [9.17, 15) is 9.59 Å². The summed E-state index contributed by atoms with van der Waals surface area (Å²) in [7, 11) is 0. The summed E-state index contributed by atoms with van der Waals surface area (Å²) in [5.41, 5.74) is 1.09. The zero-order valence-electron chi connectivity index (χ0n) is 13.8. The largest absolute Gasteiger partial charge is 0.444 e. The van der Waals surface area contributed by atoms with Crippen LogP contribution in [0.3, 0.4) is 0 Å². The molecule has 0 spiro atoms. The molecule has 1 aromatic carbocycles. The van der Waals surface area contributed by atoms with Gasteiger partial charge in [0.05, 0.1) is 11.9 Å². The Labute approximate surface area is 156 Å². The first-order valence-corrected chi connectivity index (χ1v) is 8.60. The quantitative estimate of drug-likeness (QED) is 0.670. The maximum absolute atomic E-state index is 11.9. The molecule has 0 unspecified atom stereocenters. The van der Waals surface area contributed by atoms with E-state index in [-0.39, 0.29) is 12.4 Å². The van der Waals surface area contributed by atoms with Crippen LogP contribution in [0.15, 0.2) is 30.6 Å². The number of aromatic nitrogens is 2. The zero-order valence-corrected chi connectivity index (χ0v) is 15.3. The lowest BCUT2D eigenvalue weighted by Gasteiger charge is -2.08. The van der Waals surface area contributed by atoms with E-state index in [4.69, 9.17) is 27.9 Å². The molecule has 2 aromatic rings. The third kappa shape index (κ3) is 6.40. The maximum Gasteiger partial charge on any atom is 0.412 e. The van der Waals surface area contributed by atoms with Gasteiger partial charge >= 0.3 is 6.09 Å². The number of carbonyl (C=O) groups excluding carboxylic acids is 2. The van der Waals surface area contributed by atoms with Crippen LogP contribution in [0.2, 0.25) is 10.0 Å². The SMILES string of the molecule is CC(=O)CCCCn1cc(NC(=O)OCc2c(Cl)cccc2Cl)cn1. The molecule has 8 heteroatoms. The number of ketones is 1. The number of Topliss-reactive ketones (excluding diaryl/α,β-unsaturated/α-hetero) is 1. The van der Waals surface area contributed by atoms with E-state index in [1.807, 2.05) is 0 Å². The molecule has 0 saturated carbocycles. The standard InChI is InChI=1S/C17H19Cl2N3O3/c1-12(23)5-2-3-8-22-10-13(9-20-22)21-17(24)25-11-14-15(18)6-4-7-16(14)19/h4,6-7,9-10H,2-3,5,8,11H2,1H3,(H,21,24). The number of carbonyl (C=O) groups is 2. The minimum Gasteiger partial charge on any atom is -0.444 e. The molecule has 0 bridgehead atoms. The van der Waals surface area contributed by atoms with Crippen LogP contribution in [0.4, 0.5) is 10.5 Å². The predicted molar refractivity (Wildman–Crippen MR) is 97.0 cm³/mol. The fourth-order valence-corrected chi connectivity index (χ4v) is 2.67. The van der Waals surface area contributed by atoms with Gasteiger partial charge in [-0.25, -0.2) is 4.79 Å². The Kier molecular flexibility index (Phi) is 7.28. The lowest BCUT2D eigenvalue weighted by molar-refractivity contribution is -0.117. The molecule has 1 N–H and O–H groups in total. The van der Waals surface area contributed by atoms with Gasteiger partial charge in [0, 0.05) is 34.8 Å². The summed E-state index contributed by atoms with van der Waals surface area (Å²) < 4.78 is 6.84. The van der Waals surface area contributed by atoms with Crippen molar-refractivity contribution in [1.82, 2.24) is 9.78 Å². The van der Waals surface area contributed by atoms with E-state index in [0.29, 0.717) is 34.3 Å². The van der Waals surface area contributed by atoms with Gasteiger partial charge in [0.25, 0.3) is 0 Å². The Hall–Kier alpha value is -2.05. The Bertz CT molecular complexity index is 726. The molecule has 0 aliphatic carbocycles. The predicted octanol–water partition coefficient (Wildman–Crippen LogP) is 4.70. The van der Waals surface area contributed by atoms with Gasteiger partial charge in [0.2, 0.25) is 0 Å². The van der Waals surface area contributed by atoms with Crippen molar-refractivity contribution in [1.29, 1.82) is 0 Å². The van der Waals surface area contributed by atoms with Crippen molar-refractivity contribution in [3.63, 3.8) is 0 Å². The molecule has 1 heterocycles. The summed E-state index contributed by atoms with van der Waals surface area (Å²) in [5.74, 6) is 0.184. The van der Waals surface area contributed by atoms with Crippen LogP contribution >= 0.6 is 23.2 Å². The highest BCUT2D eigenvalue weighted by Gasteiger charge is 2.10. The lowest BCUT2D eigenvalue weighted by Crippen LogP contribution is -2.13. The van der Waals surface area contributed by atoms with Crippen LogP contribution in [0.25, 0.3) is 0 Å². The Morgan fingerprint density at radius 1 is 1.24 bits per heavy atom. The number of aryl methyl sites for hydroxylation is 1. The average molecular weight is 384 g/mol. The molecule has 0 fully saturated rings. The Morgan fingerprint density at radius 2 is 1.96 bits per heavy atom. The van der Waals surface area contributed by atoms with Crippen LogP contribution in [0, 0.1) is 0 Å². The van der Waals surface area contributed by atoms with Crippen molar-refractivity contribution >= 4 is 40.8 Å². The molecule has 0 aliphatic rings. The number of anilines is 1. The molecule has 0 atom stereocenters. The van der Waals surface area contributed by atoms with Crippen molar-refractivity contribution < 1.29 is 14.3 Å². The van der Waals surface area contributed by atoms with E-state index in [0.717, 1.165) is 12.8 Å². The van der Waals surface area contributed by atoms with Crippen molar-refractivity contribution in [3.05, 3.63) is 46.2 Å². The smallest absolute Gasteiger partial charge is 0.412 e. The molecule has 0 saturated heterocycles. The van der Waals surface area contributed by atoms with Crippen LogP contribution in [0.5, 0.6) is 0 Å². The number of amides is 1. The first kappa shape index (κ1) is 19.3. The summed E-state index contributed by atoms with van der Waals surface area (Å²) in [4.78, 5) is 22.7. The highest BCUT2D eigenvalue weighted by atomic mass is 35.5. The van der Waals surface area contributed by atoms with Gasteiger partial charge in [0.1, 0.15) is 12.4 Å². The Morgan fingerprint density at radius 3 is 2.64 bits per heavy atom. The topological polar surface area (TPSA) is 73.2 Å². The number of nitrogens with one attached hydrogen (secondary N) is 1. The van der Waals surface area contributed by atoms with Crippen molar-refractivity contribution in [3.8, 4) is 0 Å². The molecule has 0 aliphatic heterocycles. The van der Waals surface area contributed by atoms with E-state index >= 15 is 0 Å². The number of hydrogen-bond acceptors (Lipinski definition) is 4. The average Bonchev–Trinajstić information content (AvgIpc) is 2.98. The number of unbranched alkanes of at least 4 members (excludes halogenated alkanes) is 1. The summed E-state index contributed by atoms with van der Waals surface area (Å²) in [6.45, 7) is 2.24. The monoisotopic (exact) mass is 383 g/mol. The van der Waals surface area contributed by atoms with E-state index < -0.39 is 6.09 Å². The molecule has 1 amide bonds. The summed E-state index contributed by atoms with van der Waals surface area (Å²) >= 11 is 12.1. The summed E-state index contributed by atoms with van der Waals surface area (Å²) in [5, 5.41) is 7.63. The van der Waals surface area contributed by atoms with Gasteiger partial charge in [-0.15, -0.1) is 0 Å². The van der Waals surface area contributed by atoms with Crippen molar-refractivity contribution in [2.75, 3.05) is 5.32 Å². The third-order valence-electron chi connectivity index (χ3n) is 3.45. The molecule has 1 aromatic heterocycles. The molecule has 0 radical (unpaired) electrons. The number of rotatable bonds is 8. The summed E-state index contributed by atoms with van der Waals surface area (Å²) in [6, 6.07) is 5.08. The number of hydrogen-bond donors (Lipinski definition) is 1. The van der Waals surface area contributed by atoms with Gasteiger partial charge in [-0.2, -0.15) is 5.10 Å². The second kappa shape index (κ2) is 9.44. The van der Waals surface area contributed by atoms with Gasteiger partial charge in [0.15, 0.2) is 0 Å². The lowest BCUT2D eigenvalue weighted by atomic mass is 10.2. The molecular formula is C17H19Cl2N3O3. The molecule has 6 nitrogen and oxygen atoms in total. The van der Waals surface area contributed by atoms with Gasteiger partial charge in [-0.1, -0.05) is 29.3 Å². The number of halogens is 2. The van der Waals surface area contributed by atoms with Crippen LogP contribution in [-0.4, -0.2) is 21.7 Å². The second-order valence-corrected chi connectivity index (χ2v) is 6.37. The first-order chi connectivity index (χ1) is 12.0. The van der Waals surface area contributed by atoms with Crippen LogP contribution in [-0.2, 0) is 22.7 Å². The Balaban J connectivity index is 1.78. The minimum absolute atomic E-state index is 0.0243.